The van der Waals surface area contributed by atoms with Gasteiger partial charge in [0, 0.05) is 7.05 Å². The monoisotopic (exact) mass is 221 g/mol. The highest BCUT2D eigenvalue weighted by Gasteiger charge is 2.09. The highest BCUT2D eigenvalue weighted by atomic mass is 16.3. The maximum atomic E-state index is 11.8. The van der Waals surface area contributed by atoms with Gasteiger partial charge in [-0.15, -0.1) is 0 Å². The minimum absolute atomic E-state index is 0.0215. The number of fused-ring (bicyclic) bond motifs is 1. The van der Waals surface area contributed by atoms with E-state index in [0.29, 0.717) is 5.52 Å². The lowest BCUT2D eigenvalue weighted by Crippen LogP contribution is -2.40. The number of benzene rings is 1. The number of aromatic nitrogens is 2. The number of hydrogen-bond donors (Lipinski definition) is 2. The van der Waals surface area contributed by atoms with Crippen LogP contribution in [0.1, 0.15) is 0 Å². The number of nitrogens with two attached hydrogens (primary N) is 1. The number of phenolic OH excluding ortho intramolecular Hbond substituents is 1. The van der Waals surface area contributed by atoms with Crippen molar-refractivity contribution in [1.29, 1.82) is 0 Å². The minimum atomic E-state index is -0.489. The fraction of sp³-hybridized carbons (Fsp3) is 0.200. The molecule has 0 unspecified atom stereocenters. The third-order valence-corrected chi connectivity index (χ3v) is 2.52. The predicted molar refractivity (Wildman–Crippen MR) is 59.3 cm³/mol. The van der Waals surface area contributed by atoms with Crippen LogP contribution in [0.4, 0.5) is 0 Å². The van der Waals surface area contributed by atoms with Gasteiger partial charge in [-0.25, -0.2) is 9.36 Å². The van der Waals surface area contributed by atoms with Crippen molar-refractivity contribution in [3.8, 4) is 5.75 Å². The molecule has 1 aromatic heterocycles. The van der Waals surface area contributed by atoms with Crippen LogP contribution in [0.3, 0.4) is 0 Å². The van der Waals surface area contributed by atoms with Crippen LogP contribution >= 0.6 is 0 Å². The smallest absolute Gasteiger partial charge is 0.332 e. The van der Waals surface area contributed by atoms with Gasteiger partial charge >= 0.3 is 5.69 Å². The molecule has 0 saturated heterocycles. The van der Waals surface area contributed by atoms with Gasteiger partial charge in [-0.1, -0.05) is 0 Å². The molecule has 6 heteroatoms. The summed E-state index contributed by atoms with van der Waals surface area (Å²) >= 11 is 0. The first-order valence-corrected chi connectivity index (χ1v) is 4.69. The molecule has 1 aromatic carbocycles. The molecule has 6 nitrogen and oxygen atoms in total. The van der Waals surface area contributed by atoms with Gasteiger partial charge in [0.2, 0.25) is 0 Å². The highest BCUT2D eigenvalue weighted by molar-refractivity contribution is 5.79. The molecule has 0 aliphatic heterocycles. The van der Waals surface area contributed by atoms with Gasteiger partial charge < -0.3 is 10.8 Å². The van der Waals surface area contributed by atoms with Crippen molar-refractivity contribution in [3.63, 3.8) is 0 Å². The molecule has 0 aliphatic rings. The van der Waals surface area contributed by atoms with Crippen LogP contribution in [0.15, 0.2) is 27.8 Å². The maximum absolute atomic E-state index is 11.8. The molecular weight excluding hydrogens is 210 g/mol. The lowest BCUT2D eigenvalue weighted by molar-refractivity contribution is 0.476. The van der Waals surface area contributed by atoms with E-state index in [1.165, 1.54) is 22.8 Å². The Morgan fingerprint density at radius 1 is 1.38 bits per heavy atom. The quantitative estimate of drug-likeness (QED) is 0.667. The third-order valence-electron chi connectivity index (χ3n) is 2.52. The van der Waals surface area contributed by atoms with Crippen molar-refractivity contribution >= 4 is 10.9 Å². The Hall–Kier alpha value is -2.08. The van der Waals surface area contributed by atoms with E-state index in [4.69, 9.17) is 5.73 Å². The summed E-state index contributed by atoms with van der Waals surface area (Å²) in [5.41, 5.74) is 4.85. The lowest BCUT2D eigenvalue weighted by atomic mass is 10.2. The Kier molecular flexibility index (Phi) is 2.28. The summed E-state index contributed by atoms with van der Waals surface area (Å²) < 4.78 is 2.24. The van der Waals surface area contributed by atoms with Gasteiger partial charge in [-0.3, -0.25) is 9.36 Å². The predicted octanol–water partition coefficient (Wildman–Crippen LogP) is -0.678. The first kappa shape index (κ1) is 10.4. The maximum Gasteiger partial charge on any atom is 0.332 e. The fourth-order valence-corrected chi connectivity index (χ4v) is 1.67. The summed E-state index contributed by atoms with van der Waals surface area (Å²) in [5.74, 6) is -0.0215. The van der Waals surface area contributed by atoms with E-state index >= 15 is 0 Å². The van der Waals surface area contributed by atoms with E-state index in [2.05, 4.69) is 0 Å². The summed E-state index contributed by atoms with van der Waals surface area (Å²) in [4.78, 5) is 23.5. The molecule has 84 valence electrons. The molecule has 0 aliphatic carbocycles. The molecule has 2 aromatic rings. The first-order chi connectivity index (χ1) is 7.56. The molecule has 0 radical (unpaired) electrons. The summed E-state index contributed by atoms with van der Waals surface area (Å²) in [7, 11) is 1.55. The van der Waals surface area contributed by atoms with E-state index in [1.54, 1.807) is 7.05 Å². The molecule has 3 N–H and O–H groups in total. The van der Waals surface area contributed by atoms with Crippen LogP contribution in [0.5, 0.6) is 5.75 Å². The SMILES string of the molecule is Cn1c(=O)n(CN)c(=O)c2cc(O)ccc21. The van der Waals surface area contributed by atoms with Crippen molar-refractivity contribution in [3.05, 3.63) is 39.0 Å². The van der Waals surface area contributed by atoms with Crippen molar-refractivity contribution < 1.29 is 5.11 Å². The molecule has 2 rings (SSSR count). The van der Waals surface area contributed by atoms with E-state index < -0.39 is 11.2 Å². The van der Waals surface area contributed by atoms with Gasteiger partial charge in [0.25, 0.3) is 5.56 Å². The zero-order valence-electron chi connectivity index (χ0n) is 8.67. The normalized spacial score (nSPS) is 10.9. The summed E-state index contributed by atoms with van der Waals surface area (Å²) in [6.07, 6.45) is 0. The van der Waals surface area contributed by atoms with Crippen LogP contribution in [0.2, 0.25) is 0 Å². The van der Waals surface area contributed by atoms with Crippen LogP contribution in [0.25, 0.3) is 10.9 Å². The second kappa shape index (κ2) is 3.49. The molecule has 16 heavy (non-hydrogen) atoms. The van der Waals surface area contributed by atoms with Crippen molar-refractivity contribution in [2.75, 3.05) is 0 Å². The van der Waals surface area contributed by atoms with Gasteiger partial charge in [0.15, 0.2) is 0 Å². The van der Waals surface area contributed by atoms with Crippen molar-refractivity contribution in [2.45, 2.75) is 6.67 Å². The van der Waals surface area contributed by atoms with E-state index in [0.717, 1.165) is 4.57 Å². The molecular formula is C10H11N3O3. The Bertz CT molecular complexity index is 669. The molecule has 0 amide bonds. The first-order valence-electron chi connectivity index (χ1n) is 4.69. The topological polar surface area (TPSA) is 90.3 Å². The molecule has 0 bridgehead atoms. The molecule has 0 fully saturated rings. The number of aryl methyl sites for hydroxylation is 1. The number of rotatable bonds is 1. The van der Waals surface area contributed by atoms with Gasteiger partial charge in [-0.05, 0) is 18.2 Å². The largest absolute Gasteiger partial charge is 0.508 e. The van der Waals surface area contributed by atoms with Gasteiger partial charge in [0.05, 0.1) is 17.6 Å². The van der Waals surface area contributed by atoms with Crippen LogP contribution in [-0.2, 0) is 13.7 Å². The van der Waals surface area contributed by atoms with Gasteiger partial charge in [0.1, 0.15) is 5.75 Å². The summed E-state index contributed by atoms with van der Waals surface area (Å²) in [6, 6.07) is 4.27. The number of nitrogens with zero attached hydrogens (tertiary/aromatic N) is 2. The summed E-state index contributed by atoms with van der Waals surface area (Å²) in [6.45, 7) is -0.183. The van der Waals surface area contributed by atoms with Crippen LogP contribution in [0, 0.1) is 0 Å². The number of phenols is 1. The Labute approximate surface area is 90.2 Å². The zero-order chi connectivity index (χ0) is 11.9. The van der Waals surface area contributed by atoms with Crippen LogP contribution in [-0.4, -0.2) is 14.2 Å². The average molecular weight is 221 g/mol. The zero-order valence-corrected chi connectivity index (χ0v) is 8.67. The second-order valence-corrected chi connectivity index (χ2v) is 3.46. The lowest BCUT2D eigenvalue weighted by Gasteiger charge is -2.08. The number of hydrogen-bond acceptors (Lipinski definition) is 4. The van der Waals surface area contributed by atoms with Crippen molar-refractivity contribution in [2.24, 2.45) is 12.8 Å². The average Bonchev–Trinajstić information content (AvgIpc) is 2.27. The van der Waals surface area contributed by atoms with E-state index in [-0.39, 0.29) is 17.8 Å². The molecule has 0 saturated carbocycles. The van der Waals surface area contributed by atoms with E-state index in [9.17, 15) is 14.7 Å². The minimum Gasteiger partial charge on any atom is -0.508 e. The standard InChI is InChI=1S/C10H11N3O3/c1-12-8-3-2-6(14)4-7(8)9(15)13(5-11)10(12)16/h2-4,14H,5,11H2,1H3. The Morgan fingerprint density at radius 2 is 2.06 bits per heavy atom. The Balaban J connectivity index is 3.09. The molecule has 0 spiro atoms. The van der Waals surface area contributed by atoms with Crippen molar-refractivity contribution in [1.82, 2.24) is 9.13 Å². The van der Waals surface area contributed by atoms with Crippen LogP contribution < -0.4 is 17.0 Å². The fourth-order valence-electron chi connectivity index (χ4n) is 1.67. The van der Waals surface area contributed by atoms with Gasteiger partial charge in [-0.2, -0.15) is 0 Å². The number of aromatic hydroxyl groups is 1. The highest BCUT2D eigenvalue weighted by Crippen LogP contribution is 2.14. The molecule has 1 heterocycles. The Morgan fingerprint density at radius 3 is 2.69 bits per heavy atom. The summed E-state index contributed by atoms with van der Waals surface area (Å²) in [5, 5.41) is 9.58. The van der Waals surface area contributed by atoms with E-state index in [1.807, 2.05) is 0 Å². The second-order valence-electron chi connectivity index (χ2n) is 3.46. The molecule has 0 atom stereocenters. The third kappa shape index (κ3) is 1.31.